The van der Waals surface area contributed by atoms with Gasteiger partial charge in [0.15, 0.2) is 0 Å². The van der Waals surface area contributed by atoms with E-state index in [0.717, 1.165) is 0 Å². The molecule has 0 spiro atoms. The smallest absolute Gasteiger partial charge is 0.0683 e. The molecule has 62 valence electrons. The van der Waals surface area contributed by atoms with E-state index in [-0.39, 0.29) is 74.4 Å². The molecule has 0 atom stereocenters. The monoisotopic (exact) mass is 246 g/mol. The Balaban J connectivity index is -0.000000000333. The maximum absolute atomic E-state index is 2.00. The van der Waals surface area contributed by atoms with Crippen molar-refractivity contribution in [3.63, 3.8) is 0 Å². The lowest BCUT2D eigenvalue weighted by molar-refractivity contribution is 1.50. The Labute approximate surface area is 88.0 Å². The molecule has 0 bridgehead atoms. The van der Waals surface area contributed by atoms with Crippen LogP contribution in [0.5, 0.6) is 0 Å². The molecular formula is C2H12Cl6. The Morgan fingerprint density at radius 1 is 0.375 bits per heavy atom. The second-order valence-electron chi connectivity index (χ2n) is 0. The second-order valence-corrected chi connectivity index (χ2v) is 0. The Morgan fingerprint density at radius 3 is 0.375 bits per heavy atom. The van der Waals surface area contributed by atoms with Crippen molar-refractivity contribution in [1.29, 1.82) is 0 Å². The fraction of sp³-hybridized carbons (Fsp3) is 1.00. The third kappa shape index (κ3) is 116. The standard InChI is InChI=1S/C2H6.6ClH/c1-2;;;;;;/h1-2H3;6*1H. The average molecular weight is 249 g/mol. The van der Waals surface area contributed by atoms with E-state index in [4.69, 9.17) is 0 Å². The van der Waals surface area contributed by atoms with Gasteiger partial charge in [0.05, 0.1) is 0 Å². The zero-order valence-electron chi connectivity index (χ0n) is 4.45. The molecule has 0 saturated carbocycles. The molecule has 0 aromatic rings. The van der Waals surface area contributed by atoms with Gasteiger partial charge in [0, 0.05) is 0 Å². The molecule has 0 N–H and O–H groups in total. The highest BCUT2D eigenvalue weighted by atomic mass is 35.5. The Kier molecular flexibility index (Phi) is 2140. The third-order valence-corrected chi connectivity index (χ3v) is 0. The molecule has 0 fully saturated rings. The summed E-state index contributed by atoms with van der Waals surface area (Å²) in [5.41, 5.74) is 0. The van der Waals surface area contributed by atoms with E-state index in [0.29, 0.717) is 0 Å². The van der Waals surface area contributed by atoms with Crippen LogP contribution in [-0.2, 0) is 0 Å². The van der Waals surface area contributed by atoms with Crippen molar-refractivity contribution in [2.24, 2.45) is 0 Å². The van der Waals surface area contributed by atoms with Gasteiger partial charge >= 0.3 is 0 Å². The van der Waals surface area contributed by atoms with Crippen LogP contribution in [0.25, 0.3) is 0 Å². The van der Waals surface area contributed by atoms with E-state index in [1.54, 1.807) is 0 Å². The van der Waals surface area contributed by atoms with Crippen LogP contribution in [0.15, 0.2) is 0 Å². The van der Waals surface area contributed by atoms with Crippen LogP contribution in [0, 0.1) is 0 Å². The summed E-state index contributed by atoms with van der Waals surface area (Å²) in [5.74, 6) is 0. The predicted octanol–water partition coefficient (Wildman–Crippen LogP) is 3.56. The SMILES string of the molecule is CC.Cl.Cl.Cl.Cl.Cl.Cl. The van der Waals surface area contributed by atoms with Crippen LogP contribution >= 0.6 is 74.4 Å². The molecule has 0 aromatic carbocycles. The maximum atomic E-state index is 2.00. The topological polar surface area (TPSA) is 0 Å². The molecule has 0 radical (unpaired) electrons. The molecule has 0 saturated heterocycles. The van der Waals surface area contributed by atoms with Gasteiger partial charge in [-0.1, -0.05) is 13.8 Å². The first-order valence-corrected chi connectivity index (χ1v) is 1.00. The van der Waals surface area contributed by atoms with E-state index in [1.165, 1.54) is 0 Å². The molecule has 0 aliphatic carbocycles. The van der Waals surface area contributed by atoms with Crippen molar-refractivity contribution in [1.82, 2.24) is 0 Å². The lowest BCUT2D eigenvalue weighted by Crippen LogP contribution is -0.856. The van der Waals surface area contributed by atoms with Gasteiger partial charge in [-0.25, -0.2) is 0 Å². The minimum absolute atomic E-state index is 0. The average Bonchev–Trinajstić information content (AvgIpc) is 1.00. The highest BCUT2D eigenvalue weighted by molar-refractivity contribution is 5.86. The third-order valence-electron chi connectivity index (χ3n) is 0. The summed E-state index contributed by atoms with van der Waals surface area (Å²) in [7, 11) is 0. The van der Waals surface area contributed by atoms with Crippen LogP contribution in [0.2, 0.25) is 0 Å². The molecule has 0 nitrogen and oxygen atoms in total. The first-order chi connectivity index (χ1) is 1.00. The highest BCUT2D eigenvalue weighted by Crippen LogP contribution is 1.14. The van der Waals surface area contributed by atoms with Gasteiger partial charge < -0.3 is 0 Å². The molecule has 0 amide bonds. The number of hydrogen-bond acceptors (Lipinski definition) is 0. The first kappa shape index (κ1) is 99.1. The highest BCUT2D eigenvalue weighted by Gasteiger charge is 0.932. The van der Waals surface area contributed by atoms with E-state index < -0.39 is 0 Å². The normalized spacial score (nSPS) is 0.750. The van der Waals surface area contributed by atoms with Gasteiger partial charge in [0.2, 0.25) is 0 Å². The molecule has 0 aliphatic heterocycles. The molecule has 0 rings (SSSR count). The van der Waals surface area contributed by atoms with Gasteiger partial charge in [0.25, 0.3) is 0 Å². The zero-order chi connectivity index (χ0) is 2.00. The summed E-state index contributed by atoms with van der Waals surface area (Å²) in [5, 5.41) is 0. The van der Waals surface area contributed by atoms with E-state index in [2.05, 4.69) is 0 Å². The lowest BCUT2D eigenvalue weighted by Gasteiger charge is -1.07. The van der Waals surface area contributed by atoms with E-state index >= 15 is 0 Å². The molecule has 0 aliphatic rings. The van der Waals surface area contributed by atoms with Gasteiger partial charge in [0.1, 0.15) is 0 Å². The zero-order valence-corrected chi connectivity index (χ0v) is 9.35. The Bertz CT molecular complexity index is 6.49. The number of halogens is 6. The minimum Gasteiger partial charge on any atom is -0.147 e. The lowest BCUT2D eigenvalue weighted by atomic mass is 11.0. The number of rotatable bonds is 0. The summed E-state index contributed by atoms with van der Waals surface area (Å²) in [6.45, 7) is 4.00. The van der Waals surface area contributed by atoms with Gasteiger partial charge in [-0.05, 0) is 0 Å². The van der Waals surface area contributed by atoms with Crippen LogP contribution in [0.4, 0.5) is 0 Å². The largest absolute Gasteiger partial charge is 0.147 e. The molecule has 8 heavy (non-hydrogen) atoms. The Morgan fingerprint density at radius 2 is 0.375 bits per heavy atom. The van der Waals surface area contributed by atoms with E-state index in [1.807, 2.05) is 13.8 Å². The minimum atomic E-state index is 0. The predicted molar refractivity (Wildman–Crippen MR) is 54.8 cm³/mol. The van der Waals surface area contributed by atoms with Crippen LogP contribution in [-0.4, -0.2) is 0 Å². The fourth-order valence-electron chi connectivity index (χ4n) is 0. The molecular weight excluding hydrogens is 237 g/mol. The summed E-state index contributed by atoms with van der Waals surface area (Å²) in [6, 6.07) is 0. The molecule has 0 heterocycles. The van der Waals surface area contributed by atoms with Gasteiger partial charge in [-0.15, -0.1) is 74.4 Å². The summed E-state index contributed by atoms with van der Waals surface area (Å²) < 4.78 is 0. The van der Waals surface area contributed by atoms with Crippen LogP contribution in [0.1, 0.15) is 13.8 Å². The van der Waals surface area contributed by atoms with Crippen molar-refractivity contribution in [2.45, 2.75) is 13.8 Å². The maximum Gasteiger partial charge on any atom is -0.0683 e. The van der Waals surface area contributed by atoms with Crippen LogP contribution < -0.4 is 0 Å². The molecule has 0 unspecified atom stereocenters. The number of hydrogen-bond donors (Lipinski definition) is 0. The van der Waals surface area contributed by atoms with Crippen molar-refractivity contribution < 1.29 is 0 Å². The molecule has 0 aromatic heterocycles. The van der Waals surface area contributed by atoms with Gasteiger partial charge in [-0.2, -0.15) is 0 Å². The summed E-state index contributed by atoms with van der Waals surface area (Å²) >= 11 is 0. The van der Waals surface area contributed by atoms with Crippen molar-refractivity contribution in [2.75, 3.05) is 0 Å². The van der Waals surface area contributed by atoms with E-state index in [9.17, 15) is 0 Å². The molecule has 6 heteroatoms. The van der Waals surface area contributed by atoms with Crippen molar-refractivity contribution in [3.05, 3.63) is 0 Å². The summed E-state index contributed by atoms with van der Waals surface area (Å²) in [4.78, 5) is 0. The van der Waals surface area contributed by atoms with Crippen molar-refractivity contribution >= 4 is 74.4 Å². The second kappa shape index (κ2) is 173. The summed E-state index contributed by atoms with van der Waals surface area (Å²) in [6.07, 6.45) is 0. The quantitative estimate of drug-likeness (QED) is 0.615. The Hall–Kier alpha value is 1.74. The first-order valence-electron chi connectivity index (χ1n) is 1.00. The van der Waals surface area contributed by atoms with Crippen molar-refractivity contribution in [3.8, 4) is 0 Å². The fourth-order valence-corrected chi connectivity index (χ4v) is 0. The van der Waals surface area contributed by atoms with Gasteiger partial charge in [-0.3, -0.25) is 0 Å². The van der Waals surface area contributed by atoms with Crippen LogP contribution in [0.3, 0.4) is 0 Å².